The van der Waals surface area contributed by atoms with Crippen molar-refractivity contribution in [2.24, 2.45) is 0 Å². The Balaban J connectivity index is 2.43. The molecule has 0 aliphatic carbocycles. The summed E-state index contributed by atoms with van der Waals surface area (Å²) in [4.78, 5) is 23.1. The van der Waals surface area contributed by atoms with Gasteiger partial charge in [-0.05, 0) is 24.8 Å². The lowest BCUT2D eigenvalue weighted by Gasteiger charge is -2.06. The highest BCUT2D eigenvalue weighted by Crippen LogP contribution is 2.16. The first-order valence-corrected chi connectivity index (χ1v) is 6.83. The van der Waals surface area contributed by atoms with Crippen LogP contribution in [0.2, 0.25) is 0 Å². The van der Waals surface area contributed by atoms with Crippen molar-refractivity contribution in [3.63, 3.8) is 0 Å². The van der Waals surface area contributed by atoms with Crippen LogP contribution in [0, 0.1) is 0 Å². The fourth-order valence-electron chi connectivity index (χ4n) is 1.82. The molecule has 0 saturated heterocycles. The average Bonchev–Trinajstić information content (AvgIpc) is 2.39. The number of benzene rings is 1. The molecule has 0 bridgehead atoms. The van der Waals surface area contributed by atoms with E-state index in [-0.39, 0.29) is 11.8 Å². The Labute approximate surface area is 115 Å². The Bertz CT molecular complexity index is 418. The van der Waals surface area contributed by atoms with Crippen molar-refractivity contribution >= 4 is 11.8 Å². The van der Waals surface area contributed by atoms with E-state index in [0.717, 1.165) is 0 Å². The van der Waals surface area contributed by atoms with Crippen molar-refractivity contribution in [1.82, 2.24) is 0 Å². The van der Waals surface area contributed by atoms with E-state index >= 15 is 0 Å². The van der Waals surface area contributed by atoms with Crippen molar-refractivity contribution in [3.05, 3.63) is 35.4 Å². The third-order valence-electron chi connectivity index (χ3n) is 2.99. The molecular formula is C16H22O3. The van der Waals surface area contributed by atoms with E-state index in [0.29, 0.717) is 37.4 Å². The normalized spacial score (nSPS) is 10.5. The molecule has 0 aliphatic rings. The lowest BCUT2D eigenvalue weighted by molar-refractivity contribution is -0.143. The number of esters is 1. The predicted molar refractivity (Wildman–Crippen MR) is 75.3 cm³/mol. The summed E-state index contributed by atoms with van der Waals surface area (Å²) in [7, 11) is 0. The Morgan fingerprint density at radius 2 is 1.74 bits per heavy atom. The number of hydrogen-bond donors (Lipinski definition) is 0. The SMILES string of the molecule is CCOC(=O)CCCC(=O)c1ccc(C(C)C)cc1. The van der Waals surface area contributed by atoms with E-state index in [4.69, 9.17) is 4.74 Å². The van der Waals surface area contributed by atoms with Crippen LogP contribution in [0.3, 0.4) is 0 Å². The van der Waals surface area contributed by atoms with Crippen LogP contribution in [-0.2, 0) is 9.53 Å². The van der Waals surface area contributed by atoms with Gasteiger partial charge in [0.15, 0.2) is 5.78 Å². The van der Waals surface area contributed by atoms with Crippen LogP contribution in [0.25, 0.3) is 0 Å². The zero-order valence-corrected chi connectivity index (χ0v) is 11.9. The number of carbonyl (C=O) groups is 2. The summed E-state index contributed by atoms with van der Waals surface area (Å²) in [6.07, 6.45) is 1.24. The molecule has 104 valence electrons. The van der Waals surface area contributed by atoms with Crippen molar-refractivity contribution in [2.45, 2.75) is 46.0 Å². The summed E-state index contributed by atoms with van der Waals surface area (Å²) in [6.45, 7) is 6.41. The van der Waals surface area contributed by atoms with E-state index in [1.54, 1.807) is 6.92 Å². The molecule has 19 heavy (non-hydrogen) atoms. The number of hydrogen-bond acceptors (Lipinski definition) is 3. The molecule has 0 N–H and O–H groups in total. The van der Waals surface area contributed by atoms with Gasteiger partial charge in [-0.15, -0.1) is 0 Å². The molecule has 0 atom stereocenters. The van der Waals surface area contributed by atoms with Gasteiger partial charge in [0, 0.05) is 18.4 Å². The van der Waals surface area contributed by atoms with Crippen LogP contribution in [0.15, 0.2) is 24.3 Å². The molecule has 3 heteroatoms. The highest BCUT2D eigenvalue weighted by molar-refractivity contribution is 5.96. The van der Waals surface area contributed by atoms with Crippen LogP contribution in [0.4, 0.5) is 0 Å². The molecule has 1 rings (SSSR count). The Morgan fingerprint density at radius 1 is 1.11 bits per heavy atom. The van der Waals surface area contributed by atoms with E-state index in [2.05, 4.69) is 13.8 Å². The Kier molecular flexibility index (Phi) is 6.26. The number of carbonyl (C=O) groups excluding carboxylic acids is 2. The van der Waals surface area contributed by atoms with Crippen molar-refractivity contribution in [1.29, 1.82) is 0 Å². The first kappa shape index (κ1) is 15.4. The van der Waals surface area contributed by atoms with Crippen molar-refractivity contribution < 1.29 is 14.3 Å². The molecule has 0 fully saturated rings. The third-order valence-corrected chi connectivity index (χ3v) is 2.99. The fraction of sp³-hybridized carbons (Fsp3) is 0.500. The average molecular weight is 262 g/mol. The summed E-state index contributed by atoms with van der Waals surface area (Å²) in [5, 5.41) is 0. The Morgan fingerprint density at radius 3 is 2.26 bits per heavy atom. The summed E-state index contributed by atoms with van der Waals surface area (Å²) in [5.74, 6) is 0.318. The molecule has 1 aromatic rings. The zero-order chi connectivity index (χ0) is 14.3. The van der Waals surface area contributed by atoms with Crippen LogP contribution < -0.4 is 0 Å². The molecule has 0 amide bonds. The van der Waals surface area contributed by atoms with Gasteiger partial charge in [0.05, 0.1) is 6.61 Å². The van der Waals surface area contributed by atoms with Gasteiger partial charge in [0.25, 0.3) is 0 Å². The molecular weight excluding hydrogens is 240 g/mol. The van der Waals surface area contributed by atoms with E-state index in [1.165, 1.54) is 5.56 Å². The molecule has 3 nitrogen and oxygen atoms in total. The first-order valence-electron chi connectivity index (χ1n) is 6.83. The maximum atomic E-state index is 11.9. The topological polar surface area (TPSA) is 43.4 Å². The van der Waals surface area contributed by atoms with Crippen molar-refractivity contribution in [3.8, 4) is 0 Å². The van der Waals surface area contributed by atoms with Crippen LogP contribution in [0.5, 0.6) is 0 Å². The van der Waals surface area contributed by atoms with Gasteiger partial charge in [-0.3, -0.25) is 9.59 Å². The highest BCUT2D eigenvalue weighted by atomic mass is 16.5. The minimum absolute atomic E-state index is 0.0830. The maximum absolute atomic E-state index is 11.9. The van der Waals surface area contributed by atoms with Crippen LogP contribution >= 0.6 is 0 Å². The third kappa shape index (κ3) is 5.25. The van der Waals surface area contributed by atoms with Gasteiger partial charge < -0.3 is 4.74 Å². The second kappa shape index (κ2) is 7.72. The number of rotatable bonds is 7. The monoisotopic (exact) mass is 262 g/mol. The lowest BCUT2D eigenvalue weighted by Crippen LogP contribution is -2.06. The minimum atomic E-state index is -0.231. The van der Waals surface area contributed by atoms with Crippen molar-refractivity contribution in [2.75, 3.05) is 6.61 Å². The van der Waals surface area contributed by atoms with Crippen LogP contribution in [-0.4, -0.2) is 18.4 Å². The summed E-state index contributed by atoms with van der Waals surface area (Å²) in [5.41, 5.74) is 1.94. The zero-order valence-electron chi connectivity index (χ0n) is 11.9. The second-order valence-electron chi connectivity index (χ2n) is 4.86. The molecule has 0 aromatic heterocycles. The standard InChI is InChI=1S/C16H22O3/c1-4-19-16(18)7-5-6-15(17)14-10-8-13(9-11-14)12(2)3/h8-12H,4-7H2,1-3H3. The fourth-order valence-corrected chi connectivity index (χ4v) is 1.82. The molecule has 0 spiro atoms. The highest BCUT2D eigenvalue weighted by Gasteiger charge is 2.08. The minimum Gasteiger partial charge on any atom is -0.466 e. The molecule has 0 aliphatic heterocycles. The molecule has 0 unspecified atom stereocenters. The molecule has 0 radical (unpaired) electrons. The van der Waals surface area contributed by atoms with Gasteiger partial charge in [0.2, 0.25) is 0 Å². The molecule has 1 aromatic carbocycles. The van der Waals surface area contributed by atoms with Gasteiger partial charge in [-0.25, -0.2) is 0 Å². The summed E-state index contributed by atoms with van der Waals surface area (Å²) >= 11 is 0. The summed E-state index contributed by atoms with van der Waals surface area (Å²) < 4.78 is 4.82. The summed E-state index contributed by atoms with van der Waals surface area (Å²) in [6, 6.07) is 7.70. The number of Topliss-reactive ketones (excluding diaryl/α,β-unsaturated/α-hetero) is 1. The van der Waals surface area contributed by atoms with E-state index in [9.17, 15) is 9.59 Å². The number of ether oxygens (including phenoxy) is 1. The molecule has 0 saturated carbocycles. The quantitative estimate of drug-likeness (QED) is 0.555. The van der Waals surface area contributed by atoms with Gasteiger partial charge >= 0.3 is 5.97 Å². The second-order valence-corrected chi connectivity index (χ2v) is 4.86. The van der Waals surface area contributed by atoms with Gasteiger partial charge in [-0.1, -0.05) is 38.1 Å². The lowest BCUT2D eigenvalue weighted by atomic mass is 9.99. The maximum Gasteiger partial charge on any atom is 0.305 e. The first-order chi connectivity index (χ1) is 9.04. The Hall–Kier alpha value is -1.64. The predicted octanol–water partition coefficient (Wildman–Crippen LogP) is 3.73. The van der Waals surface area contributed by atoms with E-state index in [1.807, 2.05) is 24.3 Å². The number of ketones is 1. The molecule has 0 heterocycles. The van der Waals surface area contributed by atoms with Crippen LogP contribution in [0.1, 0.15) is 61.9 Å². The largest absolute Gasteiger partial charge is 0.466 e. The van der Waals surface area contributed by atoms with Gasteiger partial charge in [0.1, 0.15) is 0 Å². The van der Waals surface area contributed by atoms with E-state index < -0.39 is 0 Å². The smallest absolute Gasteiger partial charge is 0.305 e. The van der Waals surface area contributed by atoms with Gasteiger partial charge in [-0.2, -0.15) is 0 Å².